The largest absolute Gasteiger partial charge is 0.508 e. The molecule has 0 spiro atoms. The normalized spacial score (nSPS) is 13.0. The number of aromatic hydroxyl groups is 2. The Labute approximate surface area is 136 Å². The van der Waals surface area contributed by atoms with E-state index in [4.69, 9.17) is 0 Å². The Bertz CT molecular complexity index is 783. The lowest BCUT2D eigenvalue weighted by molar-refractivity contribution is 0.473. The number of rotatable bonds is 5. The van der Waals surface area contributed by atoms with Crippen LogP contribution < -0.4 is 5.32 Å². The number of phenolic OH excluding ortho intramolecular Hbond substituents is 2. The molecule has 23 heavy (non-hydrogen) atoms. The second kappa shape index (κ2) is 6.50. The van der Waals surface area contributed by atoms with Crippen LogP contribution in [0.1, 0.15) is 19.4 Å². The van der Waals surface area contributed by atoms with Crippen LogP contribution >= 0.6 is 0 Å². The van der Waals surface area contributed by atoms with Gasteiger partial charge in [-0.1, -0.05) is 26.0 Å². The average molecular weight is 334 g/mol. The van der Waals surface area contributed by atoms with E-state index in [9.17, 15) is 18.6 Å². The molecule has 6 heteroatoms. The van der Waals surface area contributed by atoms with Crippen molar-refractivity contribution in [3.8, 4) is 11.5 Å². The molecule has 3 N–H and O–H groups in total. The maximum absolute atomic E-state index is 12.8. The SMILES string of the molecule is [CH2]c1cccc(N[C@H](C(C)C)S(=O)(=O)c2ccc(O)cc2)c1O. The number of benzene rings is 2. The molecule has 0 aliphatic carbocycles. The molecule has 1 atom stereocenters. The molecule has 0 saturated heterocycles. The van der Waals surface area contributed by atoms with Crippen LogP contribution in [0.2, 0.25) is 0 Å². The van der Waals surface area contributed by atoms with Gasteiger partial charge in [-0.15, -0.1) is 0 Å². The fraction of sp³-hybridized carbons (Fsp3) is 0.235. The molecule has 0 bridgehead atoms. The van der Waals surface area contributed by atoms with Crippen molar-refractivity contribution in [1.29, 1.82) is 0 Å². The minimum absolute atomic E-state index is 0.000379. The van der Waals surface area contributed by atoms with E-state index in [0.717, 1.165) is 0 Å². The lowest BCUT2D eigenvalue weighted by atomic mass is 10.1. The molecular weight excluding hydrogens is 314 g/mol. The first-order chi connectivity index (χ1) is 10.7. The highest BCUT2D eigenvalue weighted by Crippen LogP contribution is 2.31. The maximum atomic E-state index is 12.8. The molecule has 0 saturated carbocycles. The van der Waals surface area contributed by atoms with Crippen LogP contribution in [-0.2, 0) is 9.84 Å². The molecule has 0 fully saturated rings. The van der Waals surface area contributed by atoms with Crippen LogP contribution in [0.3, 0.4) is 0 Å². The number of hydrogen-bond acceptors (Lipinski definition) is 5. The molecule has 0 aliphatic rings. The summed E-state index contributed by atoms with van der Waals surface area (Å²) in [6, 6.07) is 10.3. The summed E-state index contributed by atoms with van der Waals surface area (Å²) in [4.78, 5) is 0.103. The molecule has 0 unspecified atom stereocenters. The topological polar surface area (TPSA) is 86.6 Å². The van der Waals surface area contributed by atoms with Gasteiger partial charge in [0.2, 0.25) is 0 Å². The second-order valence-corrected chi connectivity index (χ2v) is 7.73. The van der Waals surface area contributed by atoms with Gasteiger partial charge in [-0.05, 0) is 48.7 Å². The van der Waals surface area contributed by atoms with Crippen LogP contribution in [0, 0.1) is 12.8 Å². The number of phenols is 2. The minimum Gasteiger partial charge on any atom is -0.508 e. The summed E-state index contributed by atoms with van der Waals surface area (Å²) >= 11 is 0. The number of anilines is 1. The van der Waals surface area contributed by atoms with Crippen molar-refractivity contribution in [2.45, 2.75) is 24.1 Å². The van der Waals surface area contributed by atoms with Crippen LogP contribution in [-0.4, -0.2) is 24.0 Å². The van der Waals surface area contributed by atoms with E-state index in [-0.39, 0.29) is 22.3 Å². The highest BCUT2D eigenvalue weighted by Gasteiger charge is 2.31. The van der Waals surface area contributed by atoms with Crippen LogP contribution in [0.15, 0.2) is 47.4 Å². The molecule has 2 aromatic rings. The molecule has 1 radical (unpaired) electrons. The molecule has 0 aliphatic heterocycles. The monoisotopic (exact) mass is 334 g/mol. The van der Waals surface area contributed by atoms with E-state index in [0.29, 0.717) is 11.3 Å². The van der Waals surface area contributed by atoms with Crippen LogP contribution in [0.4, 0.5) is 5.69 Å². The number of nitrogens with one attached hydrogen (secondary N) is 1. The van der Waals surface area contributed by atoms with Gasteiger partial charge in [0.05, 0.1) is 10.6 Å². The van der Waals surface area contributed by atoms with E-state index in [1.807, 2.05) is 0 Å². The van der Waals surface area contributed by atoms with E-state index in [2.05, 4.69) is 12.2 Å². The van der Waals surface area contributed by atoms with Crippen molar-refractivity contribution in [3.63, 3.8) is 0 Å². The van der Waals surface area contributed by atoms with E-state index in [1.54, 1.807) is 32.0 Å². The smallest absolute Gasteiger partial charge is 0.199 e. The third kappa shape index (κ3) is 3.59. The lowest BCUT2D eigenvalue weighted by Gasteiger charge is -2.24. The number of para-hydroxylation sites is 1. The average Bonchev–Trinajstić information content (AvgIpc) is 2.48. The van der Waals surface area contributed by atoms with Crippen molar-refractivity contribution in [2.24, 2.45) is 5.92 Å². The predicted octanol–water partition coefficient (Wildman–Crippen LogP) is 3.15. The lowest BCUT2D eigenvalue weighted by Crippen LogP contribution is -2.34. The first-order valence-corrected chi connectivity index (χ1v) is 8.71. The Kier molecular flexibility index (Phi) is 4.85. The predicted molar refractivity (Wildman–Crippen MR) is 90.1 cm³/mol. The number of sulfone groups is 1. The van der Waals surface area contributed by atoms with Crippen molar-refractivity contribution < 1.29 is 18.6 Å². The molecule has 0 heterocycles. The van der Waals surface area contributed by atoms with E-state index >= 15 is 0 Å². The van der Waals surface area contributed by atoms with Gasteiger partial charge in [0.15, 0.2) is 9.84 Å². The molecular formula is C17H20NO4S. The second-order valence-electron chi connectivity index (χ2n) is 5.66. The van der Waals surface area contributed by atoms with Gasteiger partial charge in [-0.25, -0.2) is 8.42 Å². The summed E-state index contributed by atoms with van der Waals surface area (Å²) in [5, 5.41) is 21.3. The molecule has 123 valence electrons. The van der Waals surface area contributed by atoms with Gasteiger partial charge in [0, 0.05) is 0 Å². The fourth-order valence-corrected chi connectivity index (χ4v) is 4.05. The van der Waals surface area contributed by atoms with Gasteiger partial charge in [0.25, 0.3) is 0 Å². The quantitative estimate of drug-likeness (QED) is 0.731. The summed E-state index contributed by atoms with van der Waals surface area (Å²) in [6.45, 7) is 7.25. The Hall–Kier alpha value is -2.21. The zero-order valence-corrected chi connectivity index (χ0v) is 13.8. The maximum Gasteiger partial charge on any atom is 0.199 e. The molecule has 2 rings (SSSR count). The Balaban J connectivity index is 2.42. The summed E-state index contributed by atoms with van der Waals surface area (Å²) in [5.41, 5.74) is 0.734. The van der Waals surface area contributed by atoms with Crippen LogP contribution in [0.25, 0.3) is 0 Å². The summed E-state index contributed by atoms with van der Waals surface area (Å²) in [7, 11) is -3.70. The third-order valence-corrected chi connectivity index (χ3v) is 5.78. The van der Waals surface area contributed by atoms with Crippen LogP contribution in [0.5, 0.6) is 11.5 Å². The van der Waals surface area contributed by atoms with Gasteiger partial charge < -0.3 is 15.5 Å². The summed E-state index contributed by atoms with van der Waals surface area (Å²) < 4.78 is 25.7. The first-order valence-electron chi connectivity index (χ1n) is 7.17. The van der Waals surface area contributed by atoms with Crippen molar-refractivity contribution in [2.75, 3.05) is 5.32 Å². The van der Waals surface area contributed by atoms with Crippen molar-refractivity contribution in [1.82, 2.24) is 0 Å². The minimum atomic E-state index is -3.70. The highest BCUT2D eigenvalue weighted by atomic mass is 32.2. The molecule has 0 amide bonds. The third-order valence-electron chi connectivity index (χ3n) is 3.52. The van der Waals surface area contributed by atoms with Gasteiger partial charge in [-0.3, -0.25) is 0 Å². The Morgan fingerprint density at radius 1 is 1.04 bits per heavy atom. The van der Waals surface area contributed by atoms with E-state index < -0.39 is 15.2 Å². The summed E-state index contributed by atoms with van der Waals surface area (Å²) in [6.07, 6.45) is 0. The molecule has 0 aromatic heterocycles. The zero-order chi connectivity index (χ0) is 17.2. The van der Waals surface area contributed by atoms with Crippen molar-refractivity contribution in [3.05, 3.63) is 55.0 Å². The number of hydrogen-bond donors (Lipinski definition) is 3. The van der Waals surface area contributed by atoms with Crippen molar-refractivity contribution >= 4 is 15.5 Å². The fourth-order valence-electron chi connectivity index (χ4n) is 2.25. The Morgan fingerprint density at radius 2 is 1.65 bits per heavy atom. The van der Waals surface area contributed by atoms with Gasteiger partial charge in [-0.2, -0.15) is 0 Å². The zero-order valence-electron chi connectivity index (χ0n) is 13.0. The standard InChI is InChI=1S/C17H20NO4S/c1-11(2)17(18-15-6-4-5-12(3)16(15)20)23(21,22)14-9-7-13(19)8-10-14/h4-11,17-20H,3H2,1-2H3/t17-/m0/s1. The highest BCUT2D eigenvalue weighted by molar-refractivity contribution is 7.92. The Morgan fingerprint density at radius 3 is 2.22 bits per heavy atom. The van der Waals surface area contributed by atoms with Gasteiger partial charge in [0.1, 0.15) is 16.9 Å². The van der Waals surface area contributed by atoms with Gasteiger partial charge >= 0.3 is 0 Å². The first kappa shape index (κ1) is 17.1. The molecule has 2 aromatic carbocycles. The van der Waals surface area contributed by atoms with E-state index in [1.165, 1.54) is 24.3 Å². The molecule has 5 nitrogen and oxygen atoms in total. The summed E-state index contributed by atoms with van der Waals surface area (Å²) in [5.74, 6) is -0.318.